The van der Waals surface area contributed by atoms with Crippen LogP contribution in [0, 0.1) is 0 Å². The monoisotopic (exact) mass is 451 g/mol. The SMILES string of the molecule is NNC(=O)CN(c1cccc(C(F)(F)F)c1)S(=O)(=O)c1ccc(Br)cc1. The van der Waals surface area contributed by atoms with Gasteiger partial charge in [0, 0.05) is 4.47 Å². The van der Waals surface area contributed by atoms with Crippen molar-refractivity contribution in [1.29, 1.82) is 0 Å². The third-order valence-electron chi connectivity index (χ3n) is 3.31. The number of hydrogen-bond donors (Lipinski definition) is 2. The van der Waals surface area contributed by atoms with Crippen molar-refractivity contribution in [3.8, 4) is 0 Å². The molecule has 2 rings (SSSR count). The van der Waals surface area contributed by atoms with E-state index in [1.54, 1.807) is 5.43 Å². The Morgan fingerprint density at radius 2 is 1.77 bits per heavy atom. The van der Waals surface area contributed by atoms with Gasteiger partial charge in [0.15, 0.2) is 0 Å². The van der Waals surface area contributed by atoms with E-state index in [1.807, 2.05) is 0 Å². The lowest BCUT2D eigenvalue weighted by atomic mass is 10.2. The van der Waals surface area contributed by atoms with Gasteiger partial charge in [0.1, 0.15) is 6.54 Å². The van der Waals surface area contributed by atoms with Gasteiger partial charge in [0.25, 0.3) is 15.9 Å². The van der Waals surface area contributed by atoms with Crippen molar-refractivity contribution in [2.75, 3.05) is 10.8 Å². The van der Waals surface area contributed by atoms with E-state index in [-0.39, 0.29) is 10.6 Å². The molecule has 0 unspecified atom stereocenters. The Labute approximate surface area is 155 Å². The first-order chi connectivity index (χ1) is 12.1. The van der Waals surface area contributed by atoms with Gasteiger partial charge in [0.2, 0.25) is 0 Å². The minimum atomic E-state index is -4.67. The van der Waals surface area contributed by atoms with Gasteiger partial charge in [-0.15, -0.1) is 0 Å². The standard InChI is InChI=1S/C15H13BrF3N3O3S/c16-11-4-6-13(7-5-11)26(24,25)22(9-14(23)21-20)12-3-1-2-10(8-12)15(17,18)19/h1-8H,9,20H2,(H,21,23). The zero-order valence-corrected chi connectivity index (χ0v) is 15.4. The van der Waals surface area contributed by atoms with Crippen molar-refractivity contribution in [3.63, 3.8) is 0 Å². The minimum Gasteiger partial charge on any atom is -0.293 e. The summed E-state index contributed by atoms with van der Waals surface area (Å²) in [6.07, 6.45) is -4.67. The molecule has 0 fully saturated rings. The Balaban J connectivity index is 2.57. The molecule has 2 aromatic carbocycles. The van der Waals surface area contributed by atoms with Crippen molar-refractivity contribution in [2.45, 2.75) is 11.1 Å². The molecule has 0 bridgehead atoms. The lowest BCUT2D eigenvalue weighted by Gasteiger charge is -2.24. The molecule has 26 heavy (non-hydrogen) atoms. The highest BCUT2D eigenvalue weighted by atomic mass is 79.9. The van der Waals surface area contributed by atoms with Crippen LogP contribution < -0.4 is 15.6 Å². The van der Waals surface area contributed by atoms with Crippen molar-refractivity contribution in [3.05, 3.63) is 58.6 Å². The van der Waals surface area contributed by atoms with Crippen LogP contribution in [0.4, 0.5) is 18.9 Å². The van der Waals surface area contributed by atoms with Gasteiger partial charge in [0.05, 0.1) is 16.1 Å². The number of sulfonamides is 1. The summed E-state index contributed by atoms with van der Waals surface area (Å²) in [4.78, 5) is 11.4. The molecule has 0 aliphatic rings. The Hall–Kier alpha value is -2.11. The van der Waals surface area contributed by atoms with Gasteiger partial charge >= 0.3 is 6.18 Å². The van der Waals surface area contributed by atoms with Crippen LogP contribution in [0.5, 0.6) is 0 Å². The predicted octanol–water partition coefficient (Wildman–Crippen LogP) is 2.65. The van der Waals surface area contributed by atoms with E-state index in [2.05, 4.69) is 15.9 Å². The fourth-order valence-electron chi connectivity index (χ4n) is 2.06. The number of halogens is 4. The quantitative estimate of drug-likeness (QED) is 0.415. The molecule has 0 spiro atoms. The molecule has 0 radical (unpaired) electrons. The number of carbonyl (C=O) groups is 1. The van der Waals surface area contributed by atoms with Crippen LogP contribution in [0.25, 0.3) is 0 Å². The van der Waals surface area contributed by atoms with Crippen LogP contribution in [0.1, 0.15) is 5.56 Å². The molecule has 0 saturated heterocycles. The summed E-state index contributed by atoms with van der Waals surface area (Å²) in [5.74, 6) is 4.11. The Bertz CT molecular complexity index is 902. The Morgan fingerprint density at radius 1 is 1.15 bits per heavy atom. The van der Waals surface area contributed by atoms with E-state index >= 15 is 0 Å². The number of nitrogens with one attached hydrogen (secondary N) is 1. The Kier molecular flexibility index (Phi) is 5.94. The van der Waals surface area contributed by atoms with Gasteiger partial charge in [-0.1, -0.05) is 22.0 Å². The van der Waals surface area contributed by atoms with Gasteiger partial charge in [-0.2, -0.15) is 13.2 Å². The van der Waals surface area contributed by atoms with E-state index in [1.165, 1.54) is 24.3 Å². The third kappa shape index (κ3) is 4.54. The third-order valence-corrected chi connectivity index (χ3v) is 5.63. The summed E-state index contributed by atoms with van der Waals surface area (Å²) in [5.41, 5.74) is 0.412. The molecule has 1 amide bonds. The van der Waals surface area contributed by atoms with E-state index in [4.69, 9.17) is 5.84 Å². The molecular weight excluding hydrogens is 439 g/mol. The van der Waals surface area contributed by atoms with E-state index in [0.717, 1.165) is 18.2 Å². The highest BCUT2D eigenvalue weighted by Crippen LogP contribution is 2.33. The summed E-state index contributed by atoms with van der Waals surface area (Å²) >= 11 is 3.16. The maximum atomic E-state index is 13.0. The number of hydrogen-bond acceptors (Lipinski definition) is 4. The number of amides is 1. The van der Waals surface area contributed by atoms with E-state index < -0.39 is 34.2 Å². The lowest BCUT2D eigenvalue weighted by Crippen LogP contribution is -2.43. The van der Waals surface area contributed by atoms with Crippen LogP contribution >= 0.6 is 15.9 Å². The number of benzene rings is 2. The van der Waals surface area contributed by atoms with E-state index in [0.29, 0.717) is 14.8 Å². The molecule has 6 nitrogen and oxygen atoms in total. The van der Waals surface area contributed by atoms with Crippen molar-refractivity contribution < 1.29 is 26.4 Å². The maximum Gasteiger partial charge on any atom is 0.416 e. The molecule has 2 aromatic rings. The molecule has 0 saturated carbocycles. The molecule has 0 aliphatic heterocycles. The topological polar surface area (TPSA) is 92.5 Å². The summed E-state index contributed by atoms with van der Waals surface area (Å²) in [5, 5.41) is 0. The van der Waals surface area contributed by atoms with Crippen LogP contribution in [0.15, 0.2) is 57.9 Å². The zero-order chi connectivity index (χ0) is 19.5. The normalized spacial score (nSPS) is 11.9. The van der Waals surface area contributed by atoms with Crippen LogP contribution in [0.2, 0.25) is 0 Å². The summed E-state index contributed by atoms with van der Waals surface area (Å²) < 4.78 is 65.8. The average molecular weight is 452 g/mol. The second-order valence-corrected chi connectivity index (χ2v) is 7.86. The first kappa shape index (κ1) is 20.2. The smallest absolute Gasteiger partial charge is 0.293 e. The number of nitrogens with two attached hydrogens (primary N) is 1. The summed E-state index contributed by atoms with van der Waals surface area (Å²) in [7, 11) is -4.31. The fraction of sp³-hybridized carbons (Fsp3) is 0.133. The van der Waals surface area contributed by atoms with Gasteiger partial charge in [-0.05, 0) is 42.5 Å². The second kappa shape index (κ2) is 7.64. The number of rotatable bonds is 5. The van der Waals surface area contributed by atoms with Gasteiger partial charge < -0.3 is 0 Å². The van der Waals surface area contributed by atoms with Crippen LogP contribution in [-0.2, 0) is 21.0 Å². The Morgan fingerprint density at radius 3 is 2.31 bits per heavy atom. The highest BCUT2D eigenvalue weighted by Gasteiger charge is 2.33. The molecule has 11 heteroatoms. The van der Waals surface area contributed by atoms with Crippen molar-refractivity contribution >= 4 is 37.5 Å². The van der Waals surface area contributed by atoms with Crippen molar-refractivity contribution in [1.82, 2.24) is 5.43 Å². The largest absolute Gasteiger partial charge is 0.416 e. The van der Waals surface area contributed by atoms with Crippen molar-refractivity contribution in [2.24, 2.45) is 5.84 Å². The second-order valence-electron chi connectivity index (χ2n) is 5.08. The molecule has 0 atom stereocenters. The number of nitrogens with zero attached hydrogens (tertiary/aromatic N) is 1. The molecular formula is C15H13BrF3N3O3S. The number of alkyl halides is 3. The number of hydrazine groups is 1. The highest BCUT2D eigenvalue weighted by molar-refractivity contribution is 9.10. The van der Waals surface area contributed by atoms with E-state index in [9.17, 15) is 26.4 Å². The van der Waals surface area contributed by atoms with Crippen LogP contribution in [-0.4, -0.2) is 20.9 Å². The minimum absolute atomic E-state index is 0.192. The predicted molar refractivity (Wildman–Crippen MR) is 92.4 cm³/mol. The lowest BCUT2D eigenvalue weighted by molar-refractivity contribution is -0.137. The first-order valence-corrected chi connectivity index (χ1v) is 9.24. The van der Waals surface area contributed by atoms with Crippen LogP contribution in [0.3, 0.4) is 0 Å². The zero-order valence-electron chi connectivity index (χ0n) is 13.0. The van der Waals surface area contributed by atoms with Gasteiger partial charge in [-0.25, -0.2) is 14.3 Å². The first-order valence-electron chi connectivity index (χ1n) is 7.00. The average Bonchev–Trinajstić information content (AvgIpc) is 2.59. The molecule has 3 N–H and O–H groups in total. The molecule has 140 valence electrons. The fourth-order valence-corrected chi connectivity index (χ4v) is 3.74. The molecule has 0 aliphatic carbocycles. The maximum absolute atomic E-state index is 13.0. The molecule has 0 heterocycles. The molecule has 0 aromatic heterocycles. The van der Waals surface area contributed by atoms with Gasteiger partial charge in [-0.3, -0.25) is 14.5 Å². The summed E-state index contributed by atoms with van der Waals surface area (Å²) in [6, 6.07) is 9.12. The summed E-state index contributed by atoms with van der Waals surface area (Å²) in [6.45, 7) is -0.782. The number of anilines is 1. The number of carbonyl (C=O) groups excluding carboxylic acids is 1.